The fourth-order valence-electron chi connectivity index (χ4n) is 2.19. The third-order valence-corrected chi connectivity index (χ3v) is 4.23. The molecule has 0 bridgehead atoms. The molecule has 0 radical (unpaired) electrons. The van der Waals surface area contributed by atoms with Crippen molar-refractivity contribution in [3.8, 4) is 11.5 Å². The molecule has 2 aromatic rings. The summed E-state index contributed by atoms with van der Waals surface area (Å²) >= 11 is 12.5. The number of methoxy groups -OCH3 is 1. The van der Waals surface area contributed by atoms with Gasteiger partial charge in [0.05, 0.1) is 12.1 Å². The van der Waals surface area contributed by atoms with Crippen molar-refractivity contribution in [2.75, 3.05) is 7.11 Å². The van der Waals surface area contributed by atoms with Gasteiger partial charge in [0.15, 0.2) is 0 Å². The van der Waals surface area contributed by atoms with Crippen LogP contribution in [-0.2, 0) is 17.8 Å². The van der Waals surface area contributed by atoms with Gasteiger partial charge in [0.25, 0.3) is 0 Å². The van der Waals surface area contributed by atoms with Gasteiger partial charge in [-0.25, -0.2) is 4.79 Å². The smallest absolute Gasteiger partial charge is 0.487 e. The zero-order valence-electron chi connectivity index (χ0n) is 13.7. The van der Waals surface area contributed by atoms with E-state index in [0.29, 0.717) is 21.5 Å². The predicted octanol–water partition coefficient (Wildman–Crippen LogP) is 5.59. The first-order chi connectivity index (χ1) is 11.5. The second kappa shape index (κ2) is 8.27. The molecule has 0 aliphatic rings. The number of rotatable bonds is 5. The fourth-order valence-corrected chi connectivity index (χ4v) is 2.72. The summed E-state index contributed by atoms with van der Waals surface area (Å²) in [6, 6.07) is 8.86. The maximum Gasteiger partial charge on any atom is 0.513 e. The van der Waals surface area contributed by atoms with Crippen LogP contribution in [0.3, 0.4) is 0 Å². The van der Waals surface area contributed by atoms with Gasteiger partial charge < -0.3 is 14.2 Å². The first-order valence-electron chi connectivity index (χ1n) is 7.41. The van der Waals surface area contributed by atoms with Crippen molar-refractivity contribution in [1.29, 1.82) is 0 Å². The van der Waals surface area contributed by atoms with E-state index in [1.165, 1.54) is 7.11 Å². The largest absolute Gasteiger partial charge is 0.513 e. The lowest BCUT2D eigenvalue weighted by Crippen LogP contribution is -2.10. The van der Waals surface area contributed by atoms with Crippen molar-refractivity contribution in [2.24, 2.45) is 0 Å². The van der Waals surface area contributed by atoms with Crippen LogP contribution in [0.2, 0.25) is 10.0 Å². The van der Waals surface area contributed by atoms with Crippen LogP contribution in [0.1, 0.15) is 23.6 Å². The minimum absolute atomic E-state index is 0.181. The quantitative estimate of drug-likeness (QED) is 0.509. The SMILES string of the molecule is CCc1cc(Cl)c(OCc2c(C)cccc2OC(=O)OC)cc1Cl. The Morgan fingerprint density at radius 1 is 1.12 bits per heavy atom. The van der Waals surface area contributed by atoms with Gasteiger partial charge in [0, 0.05) is 16.7 Å². The molecule has 4 nitrogen and oxygen atoms in total. The van der Waals surface area contributed by atoms with Gasteiger partial charge in [0.2, 0.25) is 0 Å². The molecule has 0 unspecified atom stereocenters. The second-order valence-corrected chi connectivity index (χ2v) is 5.94. The van der Waals surface area contributed by atoms with Gasteiger partial charge >= 0.3 is 6.16 Å². The Morgan fingerprint density at radius 3 is 2.54 bits per heavy atom. The molecule has 0 saturated heterocycles. The second-order valence-electron chi connectivity index (χ2n) is 5.12. The van der Waals surface area contributed by atoms with E-state index in [4.69, 9.17) is 32.7 Å². The molecule has 0 heterocycles. The molecule has 0 atom stereocenters. The third kappa shape index (κ3) is 4.34. The topological polar surface area (TPSA) is 44.8 Å². The van der Waals surface area contributed by atoms with Gasteiger partial charge in [-0.3, -0.25) is 0 Å². The lowest BCUT2D eigenvalue weighted by Gasteiger charge is -2.15. The summed E-state index contributed by atoms with van der Waals surface area (Å²) in [4.78, 5) is 11.4. The molecule has 128 valence electrons. The van der Waals surface area contributed by atoms with Gasteiger partial charge in [0.1, 0.15) is 18.1 Å². The highest BCUT2D eigenvalue weighted by Crippen LogP contribution is 2.33. The van der Waals surface area contributed by atoms with Crippen molar-refractivity contribution in [3.63, 3.8) is 0 Å². The maximum atomic E-state index is 11.4. The summed E-state index contributed by atoms with van der Waals surface area (Å²) in [5.74, 6) is 0.861. The molecular formula is C18H18Cl2O4. The molecule has 2 rings (SSSR count). The van der Waals surface area contributed by atoms with Gasteiger partial charge in [-0.2, -0.15) is 0 Å². The number of carbonyl (C=O) groups excluding carboxylic acids is 1. The monoisotopic (exact) mass is 368 g/mol. The van der Waals surface area contributed by atoms with Crippen LogP contribution in [0.15, 0.2) is 30.3 Å². The van der Waals surface area contributed by atoms with E-state index in [2.05, 4.69) is 4.74 Å². The van der Waals surface area contributed by atoms with E-state index in [9.17, 15) is 4.79 Å². The van der Waals surface area contributed by atoms with Crippen LogP contribution in [0, 0.1) is 6.92 Å². The number of aryl methyl sites for hydroxylation is 2. The summed E-state index contributed by atoms with van der Waals surface area (Å²) in [7, 11) is 1.26. The van der Waals surface area contributed by atoms with Crippen LogP contribution < -0.4 is 9.47 Å². The van der Waals surface area contributed by atoms with Crippen LogP contribution in [0.25, 0.3) is 0 Å². The molecule has 0 aliphatic heterocycles. The minimum Gasteiger partial charge on any atom is -0.487 e. The molecule has 24 heavy (non-hydrogen) atoms. The molecule has 0 spiro atoms. The lowest BCUT2D eigenvalue weighted by molar-refractivity contribution is 0.120. The summed E-state index contributed by atoms with van der Waals surface area (Å²) in [6.45, 7) is 4.08. The van der Waals surface area contributed by atoms with E-state index >= 15 is 0 Å². The Morgan fingerprint density at radius 2 is 1.88 bits per heavy atom. The summed E-state index contributed by atoms with van der Waals surface area (Å²) in [6.07, 6.45) is 0.00326. The lowest BCUT2D eigenvalue weighted by atomic mass is 10.1. The standard InChI is InChI=1S/C18H18Cl2O4/c1-4-12-8-15(20)17(9-14(12)19)23-10-13-11(2)6-5-7-16(13)24-18(21)22-3/h5-9H,4,10H2,1-3H3. The van der Waals surface area contributed by atoms with Crippen LogP contribution in [0.5, 0.6) is 11.5 Å². The molecule has 0 saturated carbocycles. The van der Waals surface area contributed by atoms with Gasteiger partial charge in [-0.1, -0.05) is 42.3 Å². The minimum atomic E-state index is -0.782. The highest BCUT2D eigenvalue weighted by Gasteiger charge is 2.14. The van der Waals surface area contributed by atoms with E-state index in [1.54, 1.807) is 24.3 Å². The maximum absolute atomic E-state index is 11.4. The first kappa shape index (κ1) is 18.4. The molecule has 0 aromatic heterocycles. The van der Waals surface area contributed by atoms with Gasteiger partial charge in [-0.15, -0.1) is 0 Å². The number of hydrogen-bond acceptors (Lipinski definition) is 4. The Hall–Kier alpha value is -1.91. The average Bonchev–Trinajstić information content (AvgIpc) is 2.56. The van der Waals surface area contributed by atoms with Crippen LogP contribution in [-0.4, -0.2) is 13.3 Å². The Labute approximate surface area is 151 Å². The van der Waals surface area contributed by atoms with E-state index in [-0.39, 0.29) is 6.61 Å². The molecule has 0 N–H and O–H groups in total. The first-order valence-corrected chi connectivity index (χ1v) is 8.16. The normalized spacial score (nSPS) is 10.4. The molecule has 0 fully saturated rings. The molecule has 6 heteroatoms. The molecule has 0 amide bonds. The van der Waals surface area contributed by atoms with Crippen LogP contribution in [0.4, 0.5) is 4.79 Å². The van der Waals surface area contributed by atoms with E-state index in [0.717, 1.165) is 23.1 Å². The fraction of sp³-hybridized carbons (Fsp3) is 0.278. The average molecular weight is 369 g/mol. The predicted molar refractivity (Wildman–Crippen MR) is 94.4 cm³/mol. The van der Waals surface area contributed by atoms with Crippen molar-refractivity contribution in [1.82, 2.24) is 0 Å². The Balaban J connectivity index is 2.23. The summed E-state index contributed by atoms with van der Waals surface area (Å²) in [5, 5.41) is 1.09. The third-order valence-electron chi connectivity index (χ3n) is 3.58. The van der Waals surface area contributed by atoms with Crippen molar-refractivity contribution < 1.29 is 19.0 Å². The zero-order valence-corrected chi connectivity index (χ0v) is 15.2. The van der Waals surface area contributed by atoms with E-state index in [1.807, 2.05) is 19.9 Å². The molecule has 0 aliphatic carbocycles. The summed E-state index contributed by atoms with van der Waals surface area (Å²) < 4.78 is 15.5. The highest BCUT2D eigenvalue weighted by molar-refractivity contribution is 6.34. The molecule has 2 aromatic carbocycles. The number of hydrogen-bond donors (Lipinski definition) is 0. The number of halogens is 2. The van der Waals surface area contributed by atoms with Crippen LogP contribution >= 0.6 is 23.2 Å². The van der Waals surface area contributed by atoms with Gasteiger partial charge in [-0.05, 0) is 36.6 Å². The summed E-state index contributed by atoms with van der Waals surface area (Å²) in [5.41, 5.74) is 2.61. The highest BCUT2D eigenvalue weighted by atomic mass is 35.5. The molecular weight excluding hydrogens is 351 g/mol. The van der Waals surface area contributed by atoms with Crippen molar-refractivity contribution in [2.45, 2.75) is 26.9 Å². The number of carbonyl (C=O) groups is 1. The number of benzene rings is 2. The Bertz CT molecular complexity index is 744. The Kier molecular flexibility index (Phi) is 6.35. The van der Waals surface area contributed by atoms with E-state index < -0.39 is 6.16 Å². The van der Waals surface area contributed by atoms with Crippen molar-refractivity contribution in [3.05, 3.63) is 57.1 Å². The zero-order chi connectivity index (χ0) is 17.7. The van der Waals surface area contributed by atoms with Crippen molar-refractivity contribution >= 4 is 29.4 Å². The number of ether oxygens (including phenoxy) is 3.